The average molecular weight is 402 g/mol. The lowest BCUT2D eigenvalue weighted by molar-refractivity contribution is -0.130. The van der Waals surface area contributed by atoms with E-state index in [0.29, 0.717) is 18.8 Å². The number of hydrogen-bond acceptors (Lipinski definition) is 3. The summed E-state index contributed by atoms with van der Waals surface area (Å²) in [7, 11) is 0. The molecule has 0 aliphatic heterocycles. The number of rotatable bonds is 10. The molecular weight excluding hydrogens is 366 g/mol. The number of nitrogens with two attached hydrogens (primary N) is 1. The van der Waals surface area contributed by atoms with Crippen LogP contribution in [0.4, 0.5) is 0 Å². The zero-order valence-corrected chi connectivity index (χ0v) is 17.7. The van der Waals surface area contributed by atoms with Crippen LogP contribution in [0.3, 0.4) is 0 Å². The zero-order chi connectivity index (χ0) is 21.2. The van der Waals surface area contributed by atoms with E-state index in [1.165, 1.54) is 0 Å². The number of carbonyl (C=O) groups is 3. The second kappa shape index (κ2) is 11.6. The third-order valence-electron chi connectivity index (χ3n) is 5.69. The fourth-order valence-electron chi connectivity index (χ4n) is 3.97. The number of carbonyl (C=O) groups excluding carboxylic acids is 3. The van der Waals surface area contributed by atoms with Gasteiger partial charge in [0.05, 0.1) is 12.5 Å². The maximum Gasteiger partial charge on any atom is 0.239 e. The largest absolute Gasteiger partial charge is 0.369 e. The highest BCUT2D eigenvalue weighted by molar-refractivity contribution is 5.86. The molecule has 2 rings (SSSR count). The highest BCUT2D eigenvalue weighted by Crippen LogP contribution is 2.24. The summed E-state index contributed by atoms with van der Waals surface area (Å²) in [5, 5.41) is 5.68. The molecule has 0 aromatic heterocycles. The molecule has 0 spiro atoms. The van der Waals surface area contributed by atoms with Gasteiger partial charge in [0.2, 0.25) is 17.7 Å². The van der Waals surface area contributed by atoms with Crippen LogP contribution in [-0.2, 0) is 20.8 Å². The normalized spacial score (nSPS) is 20.1. The minimum Gasteiger partial charge on any atom is -0.369 e. The molecule has 0 heterocycles. The van der Waals surface area contributed by atoms with Crippen molar-refractivity contribution in [1.29, 1.82) is 0 Å². The molecule has 0 radical (unpaired) electrons. The molecule has 4 N–H and O–H groups in total. The summed E-state index contributed by atoms with van der Waals surface area (Å²) in [5.41, 5.74) is 6.58. The Balaban J connectivity index is 1.88. The van der Waals surface area contributed by atoms with Crippen molar-refractivity contribution >= 4 is 17.7 Å². The molecule has 1 saturated carbocycles. The van der Waals surface area contributed by atoms with E-state index in [1.807, 2.05) is 30.3 Å². The first kappa shape index (κ1) is 22.9. The van der Waals surface area contributed by atoms with Crippen LogP contribution in [0.25, 0.3) is 0 Å². The van der Waals surface area contributed by atoms with Crippen molar-refractivity contribution in [2.24, 2.45) is 23.5 Å². The van der Waals surface area contributed by atoms with E-state index in [4.69, 9.17) is 5.73 Å². The first-order valence-corrected chi connectivity index (χ1v) is 10.8. The zero-order valence-electron chi connectivity index (χ0n) is 17.7. The molecule has 1 aliphatic carbocycles. The Labute approximate surface area is 174 Å². The van der Waals surface area contributed by atoms with Gasteiger partial charge in [-0.2, -0.15) is 0 Å². The molecule has 0 saturated heterocycles. The lowest BCUT2D eigenvalue weighted by Crippen LogP contribution is -2.50. The van der Waals surface area contributed by atoms with Gasteiger partial charge in [-0.25, -0.2) is 0 Å². The highest BCUT2D eigenvalue weighted by Gasteiger charge is 2.30. The van der Waals surface area contributed by atoms with Crippen molar-refractivity contribution in [3.63, 3.8) is 0 Å². The Morgan fingerprint density at radius 2 is 1.76 bits per heavy atom. The average Bonchev–Trinajstić information content (AvgIpc) is 2.70. The minimum atomic E-state index is -0.365. The molecule has 3 atom stereocenters. The van der Waals surface area contributed by atoms with Gasteiger partial charge in [-0.15, -0.1) is 0 Å². The maximum absolute atomic E-state index is 12.8. The van der Waals surface area contributed by atoms with Crippen LogP contribution < -0.4 is 16.4 Å². The third kappa shape index (κ3) is 7.87. The van der Waals surface area contributed by atoms with Gasteiger partial charge in [-0.1, -0.05) is 63.4 Å². The van der Waals surface area contributed by atoms with E-state index < -0.39 is 0 Å². The van der Waals surface area contributed by atoms with Gasteiger partial charge in [0.1, 0.15) is 0 Å². The quantitative estimate of drug-likeness (QED) is 0.561. The Kier molecular flexibility index (Phi) is 9.16. The summed E-state index contributed by atoms with van der Waals surface area (Å²) in [5.74, 6) is -0.698. The lowest BCUT2D eigenvalue weighted by atomic mass is 9.84. The predicted molar refractivity (Wildman–Crippen MR) is 114 cm³/mol. The summed E-state index contributed by atoms with van der Waals surface area (Å²) < 4.78 is 0. The van der Waals surface area contributed by atoms with Crippen LogP contribution in [-0.4, -0.2) is 30.3 Å². The molecular formula is C23H35N3O3. The number of benzene rings is 1. The van der Waals surface area contributed by atoms with E-state index in [2.05, 4.69) is 24.5 Å². The second-order valence-corrected chi connectivity index (χ2v) is 8.54. The van der Waals surface area contributed by atoms with Crippen LogP contribution in [0.5, 0.6) is 0 Å². The Morgan fingerprint density at radius 3 is 2.41 bits per heavy atom. The summed E-state index contributed by atoms with van der Waals surface area (Å²) >= 11 is 0. The van der Waals surface area contributed by atoms with Crippen LogP contribution in [0.2, 0.25) is 0 Å². The number of hydrogen-bond donors (Lipinski definition) is 3. The minimum absolute atomic E-state index is 0.0756. The molecule has 1 fully saturated rings. The predicted octanol–water partition coefficient (Wildman–Crippen LogP) is 2.56. The fraction of sp³-hybridized carbons (Fsp3) is 0.609. The number of amides is 3. The van der Waals surface area contributed by atoms with Crippen molar-refractivity contribution in [2.45, 2.75) is 64.8 Å². The smallest absolute Gasteiger partial charge is 0.239 e. The van der Waals surface area contributed by atoms with Crippen LogP contribution >= 0.6 is 0 Å². The molecule has 3 amide bonds. The van der Waals surface area contributed by atoms with Crippen molar-refractivity contribution in [3.05, 3.63) is 35.9 Å². The van der Waals surface area contributed by atoms with Crippen molar-refractivity contribution in [3.8, 4) is 0 Å². The standard InChI is InChI=1S/C23H35N3O3/c1-16(2)12-13-18(14-17-8-4-3-5-9-17)23(29)25-15-21(27)26-20-11-7-6-10-19(20)22(24)28/h3-5,8-9,16,18-20H,6-7,10-15H2,1-2H3,(H2,24,28)(H,25,29)(H,26,27). The lowest BCUT2D eigenvalue weighted by Gasteiger charge is -2.30. The van der Waals surface area contributed by atoms with Gasteiger partial charge in [0, 0.05) is 12.0 Å². The monoisotopic (exact) mass is 401 g/mol. The molecule has 1 aromatic carbocycles. The first-order chi connectivity index (χ1) is 13.9. The molecule has 6 heteroatoms. The van der Waals surface area contributed by atoms with Crippen molar-refractivity contribution in [2.75, 3.05) is 6.54 Å². The summed E-state index contributed by atoms with van der Waals surface area (Å²) in [4.78, 5) is 36.7. The second-order valence-electron chi connectivity index (χ2n) is 8.54. The van der Waals surface area contributed by atoms with Gasteiger partial charge < -0.3 is 16.4 Å². The molecule has 29 heavy (non-hydrogen) atoms. The van der Waals surface area contributed by atoms with Crippen LogP contribution in [0.15, 0.2) is 30.3 Å². The topological polar surface area (TPSA) is 101 Å². The van der Waals surface area contributed by atoms with Crippen LogP contribution in [0, 0.1) is 17.8 Å². The maximum atomic E-state index is 12.8. The van der Waals surface area contributed by atoms with E-state index >= 15 is 0 Å². The van der Waals surface area contributed by atoms with Gasteiger partial charge in [-0.05, 0) is 37.2 Å². The van der Waals surface area contributed by atoms with E-state index in [9.17, 15) is 14.4 Å². The molecule has 160 valence electrons. The van der Waals surface area contributed by atoms with E-state index in [0.717, 1.165) is 37.7 Å². The Morgan fingerprint density at radius 1 is 1.07 bits per heavy atom. The number of primary amides is 1. The third-order valence-corrected chi connectivity index (χ3v) is 5.69. The summed E-state index contributed by atoms with van der Waals surface area (Å²) in [6.45, 7) is 4.21. The number of nitrogens with one attached hydrogen (secondary N) is 2. The first-order valence-electron chi connectivity index (χ1n) is 10.8. The molecule has 0 bridgehead atoms. The van der Waals surface area contributed by atoms with Gasteiger partial charge in [0.25, 0.3) is 0 Å². The Hall–Kier alpha value is -2.37. The fourth-order valence-corrected chi connectivity index (χ4v) is 3.97. The molecule has 1 aliphatic rings. The van der Waals surface area contributed by atoms with Gasteiger partial charge in [-0.3, -0.25) is 14.4 Å². The van der Waals surface area contributed by atoms with E-state index in [-0.39, 0.29) is 42.1 Å². The Bertz CT molecular complexity index is 675. The molecule has 1 aromatic rings. The molecule has 6 nitrogen and oxygen atoms in total. The SMILES string of the molecule is CC(C)CCC(Cc1ccccc1)C(=O)NCC(=O)NC1CCCCC1C(N)=O. The molecule has 3 unspecified atom stereocenters. The summed E-state index contributed by atoms with van der Waals surface area (Å²) in [6, 6.07) is 9.72. The van der Waals surface area contributed by atoms with Gasteiger partial charge in [0.15, 0.2) is 0 Å². The van der Waals surface area contributed by atoms with Crippen LogP contribution in [0.1, 0.15) is 57.9 Å². The van der Waals surface area contributed by atoms with Crippen molar-refractivity contribution in [1.82, 2.24) is 10.6 Å². The van der Waals surface area contributed by atoms with Gasteiger partial charge >= 0.3 is 0 Å². The highest BCUT2D eigenvalue weighted by atomic mass is 16.2. The van der Waals surface area contributed by atoms with E-state index in [1.54, 1.807) is 0 Å². The summed E-state index contributed by atoms with van der Waals surface area (Å²) in [6.07, 6.45) is 5.78. The van der Waals surface area contributed by atoms with Crippen molar-refractivity contribution < 1.29 is 14.4 Å².